The Morgan fingerprint density at radius 2 is 1.83 bits per heavy atom. The fourth-order valence-corrected chi connectivity index (χ4v) is 2.34. The van der Waals surface area contributed by atoms with Gasteiger partial charge in [0.25, 0.3) is 0 Å². The lowest BCUT2D eigenvalue weighted by Crippen LogP contribution is -2.56. The zero-order valence-electron chi connectivity index (χ0n) is 11.8. The van der Waals surface area contributed by atoms with Crippen LogP contribution in [0.2, 0.25) is 0 Å². The van der Waals surface area contributed by atoms with E-state index in [0.717, 1.165) is 25.7 Å². The molecule has 1 fully saturated rings. The largest absolute Gasteiger partial charge is 0.378 e. The molecule has 0 spiro atoms. The zero-order valence-corrected chi connectivity index (χ0v) is 11.8. The SMILES string of the molecule is CCCN(Cc1ccc(N(C)C)cc1)C1CNC1. The molecule has 0 aliphatic carbocycles. The molecule has 0 amide bonds. The quantitative estimate of drug-likeness (QED) is 0.829. The predicted octanol–water partition coefficient (Wildman–Crippen LogP) is 1.94. The third-order valence-corrected chi connectivity index (χ3v) is 3.63. The summed E-state index contributed by atoms with van der Waals surface area (Å²) >= 11 is 0. The first-order valence-electron chi connectivity index (χ1n) is 6.91. The monoisotopic (exact) mass is 247 g/mol. The molecule has 1 saturated heterocycles. The molecule has 0 radical (unpaired) electrons. The normalized spacial score (nSPS) is 15.8. The van der Waals surface area contributed by atoms with Crippen molar-refractivity contribution in [1.29, 1.82) is 0 Å². The van der Waals surface area contributed by atoms with Crippen LogP contribution >= 0.6 is 0 Å². The number of nitrogens with one attached hydrogen (secondary N) is 1. The van der Waals surface area contributed by atoms with Crippen LogP contribution in [0.25, 0.3) is 0 Å². The molecule has 0 saturated carbocycles. The van der Waals surface area contributed by atoms with Crippen molar-refractivity contribution < 1.29 is 0 Å². The lowest BCUT2D eigenvalue weighted by atomic mass is 10.1. The summed E-state index contributed by atoms with van der Waals surface area (Å²) in [4.78, 5) is 4.74. The van der Waals surface area contributed by atoms with Crippen LogP contribution in [0.3, 0.4) is 0 Å². The van der Waals surface area contributed by atoms with Gasteiger partial charge in [0.05, 0.1) is 0 Å². The van der Waals surface area contributed by atoms with Crippen LogP contribution < -0.4 is 10.2 Å². The maximum absolute atomic E-state index is 3.36. The van der Waals surface area contributed by atoms with Crippen molar-refractivity contribution >= 4 is 5.69 Å². The Bertz CT molecular complexity index is 355. The molecular formula is C15H25N3. The third-order valence-electron chi connectivity index (χ3n) is 3.63. The summed E-state index contributed by atoms with van der Waals surface area (Å²) < 4.78 is 0. The van der Waals surface area contributed by atoms with Gasteiger partial charge in [-0.3, -0.25) is 4.90 Å². The van der Waals surface area contributed by atoms with E-state index in [9.17, 15) is 0 Å². The first-order chi connectivity index (χ1) is 8.70. The van der Waals surface area contributed by atoms with Crippen molar-refractivity contribution in [2.24, 2.45) is 0 Å². The predicted molar refractivity (Wildman–Crippen MR) is 78.1 cm³/mol. The van der Waals surface area contributed by atoms with Crippen LogP contribution in [0.4, 0.5) is 5.69 Å². The Labute approximate surface area is 111 Å². The van der Waals surface area contributed by atoms with Crippen LogP contribution in [-0.4, -0.2) is 44.7 Å². The Morgan fingerprint density at radius 3 is 2.28 bits per heavy atom. The Hall–Kier alpha value is -1.06. The van der Waals surface area contributed by atoms with E-state index in [4.69, 9.17) is 0 Å². The molecule has 1 N–H and O–H groups in total. The van der Waals surface area contributed by atoms with Crippen molar-refractivity contribution in [3.05, 3.63) is 29.8 Å². The summed E-state index contributed by atoms with van der Waals surface area (Å²) in [6, 6.07) is 9.66. The molecule has 1 aromatic carbocycles. The fraction of sp³-hybridized carbons (Fsp3) is 0.600. The maximum Gasteiger partial charge on any atom is 0.0361 e. The van der Waals surface area contributed by atoms with Crippen LogP contribution in [0.1, 0.15) is 18.9 Å². The van der Waals surface area contributed by atoms with Crippen molar-refractivity contribution in [1.82, 2.24) is 10.2 Å². The molecular weight excluding hydrogens is 222 g/mol. The molecule has 18 heavy (non-hydrogen) atoms. The molecule has 0 unspecified atom stereocenters. The highest BCUT2D eigenvalue weighted by Crippen LogP contribution is 2.16. The Balaban J connectivity index is 1.97. The molecule has 0 aromatic heterocycles. The van der Waals surface area contributed by atoms with Gasteiger partial charge in [-0.2, -0.15) is 0 Å². The summed E-state index contributed by atoms with van der Waals surface area (Å²) in [5, 5.41) is 3.36. The minimum Gasteiger partial charge on any atom is -0.378 e. The Morgan fingerprint density at radius 1 is 1.17 bits per heavy atom. The number of nitrogens with zero attached hydrogens (tertiary/aromatic N) is 2. The number of hydrogen-bond donors (Lipinski definition) is 1. The summed E-state index contributed by atoms with van der Waals surface area (Å²) in [7, 11) is 4.16. The fourth-order valence-electron chi connectivity index (χ4n) is 2.34. The van der Waals surface area contributed by atoms with Gasteiger partial charge in [-0.05, 0) is 30.7 Å². The van der Waals surface area contributed by atoms with E-state index in [-0.39, 0.29) is 0 Å². The number of hydrogen-bond acceptors (Lipinski definition) is 3. The van der Waals surface area contributed by atoms with Gasteiger partial charge in [0.15, 0.2) is 0 Å². The Kier molecular flexibility index (Phi) is 4.61. The summed E-state index contributed by atoms with van der Waals surface area (Å²) in [6.07, 6.45) is 1.23. The molecule has 2 rings (SSSR count). The highest BCUT2D eigenvalue weighted by Gasteiger charge is 2.23. The van der Waals surface area contributed by atoms with Gasteiger partial charge in [-0.1, -0.05) is 19.1 Å². The summed E-state index contributed by atoms with van der Waals surface area (Å²) in [5.74, 6) is 0. The van der Waals surface area contributed by atoms with Crippen LogP contribution in [0, 0.1) is 0 Å². The second-order valence-corrected chi connectivity index (χ2v) is 5.34. The lowest BCUT2D eigenvalue weighted by Gasteiger charge is -2.38. The summed E-state index contributed by atoms with van der Waals surface area (Å²) in [6.45, 7) is 6.83. The lowest BCUT2D eigenvalue weighted by molar-refractivity contribution is 0.138. The molecule has 0 bridgehead atoms. The van der Waals surface area contributed by atoms with Crippen LogP contribution in [-0.2, 0) is 6.54 Å². The van der Waals surface area contributed by atoms with Gasteiger partial charge >= 0.3 is 0 Å². The average Bonchev–Trinajstić information content (AvgIpc) is 2.27. The minimum atomic E-state index is 0.735. The number of benzene rings is 1. The molecule has 3 nitrogen and oxygen atoms in total. The highest BCUT2D eigenvalue weighted by atomic mass is 15.2. The average molecular weight is 247 g/mol. The molecule has 0 atom stereocenters. The van der Waals surface area contributed by atoms with E-state index in [1.165, 1.54) is 24.2 Å². The third kappa shape index (κ3) is 3.24. The first kappa shape index (κ1) is 13.4. The summed E-state index contributed by atoms with van der Waals surface area (Å²) in [5.41, 5.74) is 2.69. The standard InChI is InChI=1S/C15H25N3/c1-4-9-18(15-10-16-11-15)12-13-5-7-14(8-6-13)17(2)3/h5-8,15-16H,4,9-12H2,1-3H3. The zero-order chi connectivity index (χ0) is 13.0. The van der Waals surface area contributed by atoms with Gasteiger partial charge in [-0.15, -0.1) is 0 Å². The van der Waals surface area contributed by atoms with Gasteiger partial charge in [0.1, 0.15) is 0 Å². The number of anilines is 1. The van der Waals surface area contributed by atoms with Crippen LogP contribution in [0.15, 0.2) is 24.3 Å². The van der Waals surface area contributed by atoms with Gasteiger partial charge < -0.3 is 10.2 Å². The van der Waals surface area contributed by atoms with Crippen molar-refractivity contribution in [2.45, 2.75) is 25.9 Å². The van der Waals surface area contributed by atoms with Gasteiger partial charge in [0, 0.05) is 45.5 Å². The highest BCUT2D eigenvalue weighted by molar-refractivity contribution is 5.45. The maximum atomic E-state index is 3.36. The van der Waals surface area contributed by atoms with Gasteiger partial charge in [0.2, 0.25) is 0 Å². The van der Waals surface area contributed by atoms with E-state index < -0.39 is 0 Å². The first-order valence-corrected chi connectivity index (χ1v) is 6.91. The molecule has 1 aliphatic rings. The molecule has 1 heterocycles. The van der Waals surface area contributed by atoms with E-state index >= 15 is 0 Å². The van der Waals surface area contributed by atoms with E-state index in [1.807, 2.05) is 0 Å². The van der Waals surface area contributed by atoms with E-state index in [1.54, 1.807) is 0 Å². The van der Waals surface area contributed by atoms with Crippen molar-refractivity contribution in [3.63, 3.8) is 0 Å². The molecule has 100 valence electrons. The van der Waals surface area contributed by atoms with Crippen molar-refractivity contribution in [3.8, 4) is 0 Å². The molecule has 1 aliphatic heterocycles. The van der Waals surface area contributed by atoms with E-state index in [2.05, 4.69) is 60.4 Å². The molecule has 1 aromatic rings. The second-order valence-electron chi connectivity index (χ2n) is 5.34. The van der Waals surface area contributed by atoms with Crippen LogP contribution in [0.5, 0.6) is 0 Å². The van der Waals surface area contributed by atoms with Crippen molar-refractivity contribution in [2.75, 3.05) is 38.6 Å². The molecule has 3 heteroatoms. The van der Waals surface area contributed by atoms with E-state index in [0.29, 0.717) is 0 Å². The van der Waals surface area contributed by atoms with Gasteiger partial charge in [-0.25, -0.2) is 0 Å². The minimum absolute atomic E-state index is 0.735. The topological polar surface area (TPSA) is 18.5 Å². The second kappa shape index (κ2) is 6.21. The number of rotatable bonds is 6. The smallest absolute Gasteiger partial charge is 0.0361 e.